The lowest BCUT2D eigenvalue weighted by molar-refractivity contribution is -0.139. The van der Waals surface area contributed by atoms with Gasteiger partial charge in [-0.25, -0.2) is 8.42 Å². The van der Waals surface area contributed by atoms with Crippen molar-refractivity contribution in [3.8, 4) is 0 Å². The lowest BCUT2D eigenvalue weighted by atomic mass is 10.1. The van der Waals surface area contributed by atoms with Crippen molar-refractivity contribution in [2.75, 3.05) is 6.26 Å². The number of hydrogen-bond donors (Lipinski definition) is 2. The molecule has 0 aliphatic rings. The van der Waals surface area contributed by atoms with Gasteiger partial charge in [-0.3, -0.25) is 4.79 Å². The molecule has 1 aromatic rings. The molecule has 0 aliphatic carbocycles. The average Bonchev–Trinajstić information content (AvgIpc) is 2.24. The van der Waals surface area contributed by atoms with E-state index in [9.17, 15) is 26.4 Å². The van der Waals surface area contributed by atoms with Crippen LogP contribution in [0.4, 0.5) is 13.2 Å². The zero-order chi connectivity index (χ0) is 15.7. The molecular weight excluding hydrogens is 299 g/mol. The summed E-state index contributed by atoms with van der Waals surface area (Å²) < 4.78 is 60.9. The third-order valence-electron chi connectivity index (χ3n) is 2.16. The number of rotatable bonds is 2. The van der Waals surface area contributed by atoms with Crippen LogP contribution in [0.1, 0.15) is 15.9 Å². The molecule has 0 saturated heterocycles. The number of alkyl halides is 3. The third-order valence-corrected chi connectivity index (χ3v) is 3.30. The fraction of sp³-hybridized carbons (Fsp3) is 0.200. The second-order valence-corrected chi connectivity index (χ2v) is 5.81. The van der Waals surface area contributed by atoms with Crippen molar-refractivity contribution in [3.63, 3.8) is 0 Å². The van der Waals surface area contributed by atoms with Crippen LogP contribution >= 0.6 is 0 Å². The quantitative estimate of drug-likeness (QED) is 0.610. The zero-order valence-electron chi connectivity index (χ0n) is 10.1. The van der Waals surface area contributed by atoms with E-state index in [2.05, 4.69) is 4.99 Å². The molecule has 1 rings (SSSR count). The number of aliphatic imine (C=N–C) groups is 1. The van der Waals surface area contributed by atoms with Crippen LogP contribution in [0.5, 0.6) is 0 Å². The van der Waals surface area contributed by atoms with Crippen LogP contribution in [0, 0.1) is 0 Å². The number of sulfone groups is 1. The maximum atomic E-state index is 12.7. The highest BCUT2D eigenvalue weighted by Gasteiger charge is 2.36. The van der Waals surface area contributed by atoms with E-state index in [0.29, 0.717) is 18.4 Å². The summed E-state index contributed by atoms with van der Waals surface area (Å²) >= 11 is 0. The number of hydrogen-bond acceptors (Lipinski definition) is 3. The van der Waals surface area contributed by atoms with Gasteiger partial charge >= 0.3 is 6.18 Å². The largest absolute Gasteiger partial charge is 0.417 e. The van der Waals surface area contributed by atoms with Crippen molar-refractivity contribution in [1.29, 1.82) is 0 Å². The van der Waals surface area contributed by atoms with Crippen LogP contribution in [-0.4, -0.2) is 26.5 Å². The molecule has 0 aliphatic heterocycles. The fourth-order valence-electron chi connectivity index (χ4n) is 1.38. The highest BCUT2D eigenvalue weighted by Crippen LogP contribution is 2.34. The lowest BCUT2D eigenvalue weighted by Gasteiger charge is -2.12. The Morgan fingerprint density at radius 1 is 1.25 bits per heavy atom. The Hall–Kier alpha value is -2.10. The maximum Gasteiger partial charge on any atom is 0.417 e. The minimum atomic E-state index is -4.86. The third kappa shape index (κ3) is 3.70. The minimum Gasteiger partial charge on any atom is -0.370 e. The molecule has 0 aromatic heterocycles. The van der Waals surface area contributed by atoms with E-state index >= 15 is 0 Å². The van der Waals surface area contributed by atoms with Gasteiger partial charge in [0.1, 0.15) is 0 Å². The predicted octanol–water partition coefficient (Wildman–Crippen LogP) is 0.523. The Labute approximate surface area is 112 Å². The predicted molar refractivity (Wildman–Crippen MR) is 64.7 cm³/mol. The standard InChI is InChI=1S/C10H10F3N3O3S/c1-20(18,19)7-4-5(8(17)16-9(14)15)2-3-6(7)10(11,12)13/h2-4H,1H3,(H4,14,15,16,17). The van der Waals surface area contributed by atoms with Crippen molar-refractivity contribution < 1.29 is 26.4 Å². The molecule has 6 nitrogen and oxygen atoms in total. The van der Waals surface area contributed by atoms with Crippen molar-refractivity contribution in [3.05, 3.63) is 29.3 Å². The number of nitrogens with two attached hydrogens (primary N) is 2. The highest BCUT2D eigenvalue weighted by molar-refractivity contribution is 7.90. The second kappa shape index (κ2) is 5.12. The zero-order valence-corrected chi connectivity index (χ0v) is 10.9. The molecule has 0 unspecified atom stereocenters. The number of nitrogens with zero attached hydrogens (tertiary/aromatic N) is 1. The molecule has 0 bridgehead atoms. The Morgan fingerprint density at radius 2 is 1.80 bits per heavy atom. The Morgan fingerprint density at radius 3 is 2.20 bits per heavy atom. The first-order chi connectivity index (χ1) is 8.93. The van der Waals surface area contributed by atoms with E-state index < -0.39 is 38.3 Å². The molecule has 4 N–H and O–H groups in total. The van der Waals surface area contributed by atoms with Crippen LogP contribution in [0.3, 0.4) is 0 Å². The summed E-state index contributed by atoms with van der Waals surface area (Å²) in [6, 6.07) is 1.88. The molecule has 0 radical (unpaired) electrons. The highest BCUT2D eigenvalue weighted by atomic mass is 32.2. The summed E-state index contributed by atoms with van der Waals surface area (Å²) in [5, 5.41) is 0. The van der Waals surface area contributed by atoms with Gasteiger partial charge in [0.05, 0.1) is 10.5 Å². The number of guanidine groups is 1. The van der Waals surface area contributed by atoms with Crippen LogP contribution < -0.4 is 11.5 Å². The Bertz CT molecular complexity index is 677. The van der Waals surface area contributed by atoms with Crippen LogP contribution in [-0.2, 0) is 16.0 Å². The van der Waals surface area contributed by atoms with E-state index in [1.54, 1.807) is 0 Å². The van der Waals surface area contributed by atoms with Crippen molar-refractivity contribution >= 4 is 21.7 Å². The van der Waals surface area contributed by atoms with Gasteiger partial charge in [0.25, 0.3) is 5.91 Å². The molecular formula is C10H10F3N3O3S. The summed E-state index contributed by atoms with van der Waals surface area (Å²) in [7, 11) is -4.18. The van der Waals surface area contributed by atoms with Gasteiger partial charge in [-0.05, 0) is 18.2 Å². The Balaban J connectivity index is 3.52. The summed E-state index contributed by atoms with van der Waals surface area (Å²) in [5.74, 6) is -1.63. The van der Waals surface area contributed by atoms with Crippen LogP contribution in [0.2, 0.25) is 0 Å². The summed E-state index contributed by atoms with van der Waals surface area (Å²) in [6.07, 6.45) is -4.26. The number of amides is 1. The first-order valence-corrected chi connectivity index (χ1v) is 6.87. The van der Waals surface area contributed by atoms with Gasteiger partial charge in [-0.2, -0.15) is 18.2 Å². The van der Waals surface area contributed by atoms with Gasteiger partial charge in [-0.15, -0.1) is 0 Å². The molecule has 0 fully saturated rings. The molecule has 1 amide bonds. The second-order valence-electron chi connectivity index (χ2n) is 3.82. The van der Waals surface area contributed by atoms with Gasteiger partial charge in [0, 0.05) is 11.8 Å². The van der Waals surface area contributed by atoms with Gasteiger partial charge < -0.3 is 11.5 Å². The first-order valence-electron chi connectivity index (χ1n) is 4.98. The van der Waals surface area contributed by atoms with Crippen molar-refractivity contribution in [2.45, 2.75) is 11.1 Å². The molecule has 110 valence electrons. The minimum absolute atomic E-state index is 0.369. The monoisotopic (exact) mass is 309 g/mol. The summed E-state index contributed by atoms with van der Waals surface area (Å²) in [5.41, 5.74) is 8.20. The van der Waals surface area contributed by atoms with Gasteiger partial charge in [-0.1, -0.05) is 0 Å². The average molecular weight is 309 g/mol. The SMILES string of the molecule is CS(=O)(=O)c1cc(C(=O)N=C(N)N)ccc1C(F)(F)F. The van der Waals surface area contributed by atoms with Gasteiger partial charge in [0.2, 0.25) is 0 Å². The van der Waals surface area contributed by atoms with Crippen LogP contribution in [0.25, 0.3) is 0 Å². The maximum absolute atomic E-state index is 12.7. The van der Waals surface area contributed by atoms with E-state index in [4.69, 9.17) is 11.5 Å². The van der Waals surface area contributed by atoms with Crippen molar-refractivity contribution in [2.24, 2.45) is 16.5 Å². The Kier molecular flexibility index (Phi) is 4.08. The molecule has 0 spiro atoms. The van der Waals surface area contributed by atoms with E-state index in [0.717, 1.165) is 6.07 Å². The number of benzene rings is 1. The number of carbonyl (C=O) groups is 1. The molecule has 0 heterocycles. The van der Waals surface area contributed by atoms with Crippen LogP contribution in [0.15, 0.2) is 28.1 Å². The smallest absolute Gasteiger partial charge is 0.370 e. The molecule has 1 aromatic carbocycles. The van der Waals surface area contributed by atoms with E-state index in [-0.39, 0.29) is 5.56 Å². The van der Waals surface area contributed by atoms with E-state index in [1.165, 1.54) is 0 Å². The molecule has 0 saturated carbocycles. The van der Waals surface area contributed by atoms with Gasteiger partial charge in [0.15, 0.2) is 15.8 Å². The summed E-state index contributed by atoms with van der Waals surface area (Å²) in [4.78, 5) is 13.6. The topological polar surface area (TPSA) is 116 Å². The first kappa shape index (κ1) is 16.0. The molecule has 0 atom stereocenters. The van der Waals surface area contributed by atoms with E-state index in [1.807, 2.05) is 0 Å². The fourth-order valence-corrected chi connectivity index (χ4v) is 2.30. The summed E-state index contributed by atoms with van der Waals surface area (Å²) in [6.45, 7) is 0. The number of halogens is 3. The normalized spacial score (nSPS) is 12.0. The lowest BCUT2D eigenvalue weighted by Crippen LogP contribution is -2.24. The molecule has 10 heteroatoms. The number of carbonyl (C=O) groups excluding carboxylic acids is 1. The molecule has 20 heavy (non-hydrogen) atoms. The van der Waals surface area contributed by atoms with Crippen molar-refractivity contribution in [1.82, 2.24) is 0 Å².